The first-order valence-electron chi connectivity index (χ1n) is 8.94. The van der Waals surface area contributed by atoms with Crippen molar-refractivity contribution in [3.8, 4) is 0 Å². The largest absolute Gasteiger partial charge is 0.299 e. The monoisotopic (exact) mass is 319 g/mol. The predicted molar refractivity (Wildman–Crippen MR) is 104 cm³/mol. The molecule has 1 aliphatic heterocycles. The number of likely N-dealkylation sites (tertiary alicyclic amines) is 1. The Morgan fingerprint density at radius 2 is 1.67 bits per heavy atom. The number of benzene rings is 1. The summed E-state index contributed by atoms with van der Waals surface area (Å²) in [5.74, 6) is 0. The van der Waals surface area contributed by atoms with Crippen LogP contribution < -0.4 is 0 Å². The van der Waals surface area contributed by atoms with Crippen molar-refractivity contribution in [1.82, 2.24) is 4.90 Å². The van der Waals surface area contributed by atoms with Crippen LogP contribution in [0.15, 0.2) is 77.9 Å². The van der Waals surface area contributed by atoms with E-state index in [0.717, 1.165) is 31.6 Å². The zero-order chi connectivity index (χ0) is 17.3. The molecule has 1 fully saturated rings. The molecular weight excluding hydrogens is 290 g/mol. The summed E-state index contributed by atoms with van der Waals surface area (Å²) in [7, 11) is 0. The van der Waals surface area contributed by atoms with Gasteiger partial charge in [-0.15, -0.1) is 0 Å². The van der Waals surface area contributed by atoms with Crippen molar-refractivity contribution in [1.29, 1.82) is 0 Å². The third-order valence-electron chi connectivity index (χ3n) is 5.76. The number of allylic oxidation sites excluding steroid dienone is 5. The minimum atomic E-state index is 0.232. The van der Waals surface area contributed by atoms with E-state index < -0.39 is 0 Å². The van der Waals surface area contributed by atoms with Crippen LogP contribution in [0.1, 0.15) is 38.7 Å². The molecular formula is C23H29N. The predicted octanol–water partition coefficient (Wildman–Crippen LogP) is 5.68. The van der Waals surface area contributed by atoms with Crippen molar-refractivity contribution in [2.45, 2.75) is 39.7 Å². The molecule has 0 saturated carbocycles. The second-order valence-corrected chi connectivity index (χ2v) is 7.61. The summed E-state index contributed by atoms with van der Waals surface area (Å²) >= 11 is 0. The number of nitrogens with zero attached hydrogens (tertiary/aromatic N) is 1. The summed E-state index contributed by atoms with van der Waals surface area (Å²) in [6.45, 7) is 20.5. The van der Waals surface area contributed by atoms with Gasteiger partial charge >= 0.3 is 0 Å². The molecule has 0 atom stereocenters. The smallest absolute Gasteiger partial charge is 0.0233 e. The van der Waals surface area contributed by atoms with Gasteiger partial charge in [-0.25, -0.2) is 0 Å². The first-order chi connectivity index (χ1) is 11.4. The van der Waals surface area contributed by atoms with Crippen molar-refractivity contribution in [2.75, 3.05) is 13.1 Å². The highest BCUT2D eigenvalue weighted by atomic mass is 15.1. The van der Waals surface area contributed by atoms with E-state index in [1.165, 1.54) is 40.7 Å². The fourth-order valence-corrected chi connectivity index (χ4v) is 4.32. The Balaban J connectivity index is 1.71. The lowest BCUT2D eigenvalue weighted by Gasteiger charge is -2.41. The van der Waals surface area contributed by atoms with Gasteiger partial charge in [0.2, 0.25) is 0 Å². The lowest BCUT2D eigenvalue weighted by molar-refractivity contribution is 0.132. The molecule has 2 aliphatic rings. The second kappa shape index (κ2) is 6.57. The van der Waals surface area contributed by atoms with E-state index in [-0.39, 0.29) is 5.41 Å². The maximum atomic E-state index is 4.50. The van der Waals surface area contributed by atoms with Gasteiger partial charge in [-0.3, -0.25) is 4.90 Å². The third-order valence-corrected chi connectivity index (χ3v) is 5.76. The molecule has 1 heteroatoms. The molecule has 3 rings (SSSR count). The Morgan fingerprint density at radius 1 is 1.04 bits per heavy atom. The zero-order valence-electron chi connectivity index (χ0n) is 15.2. The SMILES string of the molecule is C=C(C)C1=C(C(=C)C)C(=C)C2(CCN(Cc3ccccc3)CC2)C1. The normalized spacial score (nSPS) is 20.7. The maximum Gasteiger partial charge on any atom is 0.0233 e. The maximum absolute atomic E-state index is 4.50. The van der Waals surface area contributed by atoms with Crippen LogP contribution in [0.25, 0.3) is 0 Å². The van der Waals surface area contributed by atoms with Crippen LogP contribution in [0.3, 0.4) is 0 Å². The molecule has 24 heavy (non-hydrogen) atoms. The van der Waals surface area contributed by atoms with Gasteiger partial charge in [-0.1, -0.05) is 61.2 Å². The standard InChI is InChI=1S/C23H29N/c1-17(2)21-15-23(19(5)22(21)18(3)4)11-13-24(14-12-23)16-20-9-7-6-8-10-20/h6-10H,1,3,5,11-16H2,2,4H3. The molecule has 0 bridgehead atoms. The van der Waals surface area contributed by atoms with Crippen molar-refractivity contribution in [3.05, 3.63) is 83.5 Å². The molecule has 0 N–H and O–H groups in total. The molecule has 0 unspecified atom stereocenters. The van der Waals surface area contributed by atoms with Gasteiger partial charge < -0.3 is 0 Å². The minimum Gasteiger partial charge on any atom is -0.299 e. The van der Waals surface area contributed by atoms with Gasteiger partial charge in [-0.2, -0.15) is 0 Å². The Hall–Kier alpha value is -1.86. The van der Waals surface area contributed by atoms with E-state index in [2.05, 4.69) is 68.8 Å². The minimum absolute atomic E-state index is 0.232. The molecule has 0 aromatic heterocycles. The average molecular weight is 319 g/mol. The van der Waals surface area contributed by atoms with E-state index in [0.29, 0.717) is 0 Å². The van der Waals surface area contributed by atoms with Crippen molar-refractivity contribution >= 4 is 0 Å². The summed E-state index contributed by atoms with van der Waals surface area (Å²) in [6, 6.07) is 10.8. The fraction of sp³-hybridized carbons (Fsp3) is 0.391. The summed E-state index contributed by atoms with van der Waals surface area (Å²) in [5.41, 5.74) is 7.97. The Labute approximate surface area is 147 Å². The van der Waals surface area contributed by atoms with Crippen LogP contribution in [0, 0.1) is 5.41 Å². The van der Waals surface area contributed by atoms with Gasteiger partial charge in [0.15, 0.2) is 0 Å². The van der Waals surface area contributed by atoms with Crippen LogP contribution in [0.4, 0.5) is 0 Å². The van der Waals surface area contributed by atoms with Gasteiger partial charge in [0, 0.05) is 12.0 Å². The lowest BCUT2D eigenvalue weighted by Crippen LogP contribution is -2.39. The third kappa shape index (κ3) is 3.06. The van der Waals surface area contributed by atoms with Crippen LogP contribution in [-0.4, -0.2) is 18.0 Å². The molecule has 0 radical (unpaired) electrons. The Morgan fingerprint density at radius 3 is 2.17 bits per heavy atom. The summed E-state index contributed by atoms with van der Waals surface area (Å²) in [4.78, 5) is 2.58. The molecule has 0 amide bonds. The first kappa shape index (κ1) is 17.0. The molecule has 1 spiro atoms. The van der Waals surface area contributed by atoms with Crippen molar-refractivity contribution in [2.24, 2.45) is 5.41 Å². The van der Waals surface area contributed by atoms with E-state index in [1.807, 2.05) is 0 Å². The zero-order valence-corrected chi connectivity index (χ0v) is 15.2. The highest BCUT2D eigenvalue weighted by Crippen LogP contribution is 2.55. The molecule has 1 saturated heterocycles. The molecule has 1 heterocycles. The number of rotatable bonds is 4. The van der Waals surface area contributed by atoms with Crippen LogP contribution >= 0.6 is 0 Å². The van der Waals surface area contributed by atoms with Crippen LogP contribution in [0.5, 0.6) is 0 Å². The highest BCUT2D eigenvalue weighted by Gasteiger charge is 2.44. The number of hydrogen-bond donors (Lipinski definition) is 0. The Bertz CT molecular complexity index is 697. The second-order valence-electron chi connectivity index (χ2n) is 7.61. The van der Waals surface area contributed by atoms with Gasteiger partial charge in [0.05, 0.1) is 0 Å². The topological polar surface area (TPSA) is 3.24 Å². The van der Waals surface area contributed by atoms with Crippen molar-refractivity contribution < 1.29 is 0 Å². The molecule has 1 nitrogen and oxygen atoms in total. The van der Waals surface area contributed by atoms with Crippen molar-refractivity contribution in [3.63, 3.8) is 0 Å². The summed E-state index contributed by atoms with van der Waals surface area (Å²) in [6.07, 6.45) is 3.47. The highest BCUT2D eigenvalue weighted by molar-refractivity contribution is 5.59. The molecule has 1 aliphatic carbocycles. The molecule has 1 aromatic carbocycles. The van der Waals surface area contributed by atoms with E-state index >= 15 is 0 Å². The number of piperidine rings is 1. The molecule has 126 valence electrons. The van der Waals surface area contributed by atoms with E-state index in [1.54, 1.807) is 0 Å². The summed E-state index contributed by atoms with van der Waals surface area (Å²) < 4.78 is 0. The van der Waals surface area contributed by atoms with Gasteiger partial charge in [-0.05, 0) is 68.5 Å². The quantitative estimate of drug-likeness (QED) is 0.690. The lowest BCUT2D eigenvalue weighted by atomic mass is 9.72. The van der Waals surface area contributed by atoms with Gasteiger partial charge in [0.25, 0.3) is 0 Å². The average Bonchev–Trinajstić information content (AvgIpc) is 2.84. The van der Waals surface area contributed by atoms with Gasteiger partial charge in [0.1, 0.15) is 0 Å². The first-order valence-corrected chi connectivity index (χ1v) is 8.94. The fourth-order valence-electron chi connectivity index (χ4n) is 4.32. The number of hydrogen-bond acceptors (Lipinski definition) is 1. The van der Waals surface area contributed by atoms with Crippen LogP contribution in [0.2, 0.25) is 0 Å². The van der Waals surface area contributed by atoms with E-state index in [9.17, 15) is 0 Å². The summed E-state index contributed by atoms with van der Waals surface area (Å²) in [5, 5.41) is 0. The molecule has 1 aromatic rings. The van der Waals surface area contributed by atoms with E-state index in [4.69, 9.17) is 0 Å². The Kier molecular flexibility index (Phi) is 4.64. The van der Waals surface area contributed by atoms with Crippen LogP contribution in [-0.2, 0) is 6.54 Å².